The number of carboxylic acid groups (broad SMARTS) is 1. The van der Waals surface area contributed by atoms with E-state index in [4.69, 9.17) is 5.11 Å². The largest absolute Gasteiger partial charge is 0.478 e. The molecule has 0 aromatic heterocycles. The highest BCUT2D eigenvalue weighted by Gasteiger charge is 2.06. The molecule has 0 bridgehead atoms. The van der Waals surface area contributed by atoms with E-state index < -0.39 is 11.8 Å². The van der Waals surface area contributed by atoms with Gasteiger partial charge in [0.05, 0.1) is 0 Å². The van der Waals surface area contributed by atoms with Gasteiger partial charge in [0.25, 0.3) is 0 Å². The van der Waals surface area contributed by atoms with Crippen LogP contribution in [-0.2, 0) is 11.3 Å². The van der Waals surface area contributed by atoms with Crippen molar-refractivity contribution in [1.29, 1.82) is 0 Å². The van der Waals surface area contributed by atoms with E-state index in [9.17, 15) is 14.0 Å². The Bertz CT molecular complexity index is 513. The van der Waals surface area contributed by atoms with E-state index in [1.807, 2.05) is 0 Å². The summed E-state index contributed by atoms with van der Waals surface area (Å²) in [6.07, 6.45) is 2.33. The lowest BCUT2D eigenvalue weighted by Crippen LogP contribution is -2.34. The Morgan fingerprint density at radius 2 is 2.11 bits per heavy atom. The van der Waals surface area contributed by atoms with E-state index in [1.165, 1.54) is 29.2 Å². The Balaban J connectivity index is 2.80. The lowest BCUT2D eigenvalue weighted by Gasteiger charge is -2.12. The molecule has 5 nitrogen and oxygen atoms in total. The van der Waals surface area contributed by atoms with Crippen molar-refractivity contribution in [2.24, 2.45) is 0 Å². The Morgan fingerprint density at radius 1 is 1.42 bits per heavy atom. The first-order valence-electron chi connectivity index (χ1n) is 5.54. The molecule has 2 N–H and O–H groups in total. The van der Waals surface area contributed by atoms with Crippen LogP contribution in [0.2, 0.25) is 0 Å². The highest BCUT2D eigenvalue weighted by atomic mass is 19.1. The van der Waals surface area contributed by atoms with Gasteiger partial charge in [0.15, 0.2) is 0 Å². The summed E-state index contributed by atoms with van der Waals surface area (Å²) in [5, 5.41) is 11.1. The Labute approximate surface area is 110 Å². The van der Waals surface area contributed by atoms with Gasteiger partial charge in [-0.05, 0) is 23.8 Å². The van der Waals surface area contributed by atoms with E-state index in [-0.39, 0.29) is 12.6 Å². The van der Waals surface area contributed by atoms with Crippen molar-refractivity contribution < 1.29 is 19.1 Å². The molecule has 0 spiro atoms. The van der Waals surface area contributed by atoms with Crippen molar-refractivity contribution in [3.05, 3.63) is 41.2 Å². The molecule has 1 aromatic rings. The lowest BCUT2D eigenvalue weighted by molar-refractivity contribution is -0.131. The van der Waals surface area contributed by atoms with Crippen molar-refractivity contribution in [2.45, 2.75) is 6.54 Å². The molecule has 0 heterocycles. The van der Waals surface area contributed by atoms with Gasteiger partial charge in [0.1, 0.15) is 5.82 Å². The number of benzene rings is 1. The van der Waals surface area contributed by atoms with Gasteiger partial charge in [0.2, 0.25) is 0 Å². The van der Waals surface area contributed by atoms with Gasteiger partial charge in [-0.25, -0.2) is 14.0 Å². The number of hydrogen-bond acceptors (Lipinski definition) is 2. The molecule has 102 valence electrons. The van der Waals surface area contributed by atoms with Crippen LogP contribution in [0.3, 0.4) is 0 Å². The van der Waals surface area contributed by atoms with Crippen molar-refractivity contribution >= 4 is 18.1 Å². The van der Waals surface area contributed by atoms with Gasteiger partial charge >= 0.3 is 12.0 Å². The minimum atomic E-state index is -1.08. The van der Waals surface area contributed by atoms with Crippen LogP contribution in [0.5, 0.6) is 0 Å². The molecule has 0 saturated heterocycles. The van der Waals surface area contributed by atoms with E-state index >= 15 is 0 Å². The Hall–Kier alpha value is -2.37. The van der Waals surface area contributed by atoms with Gasteiger partial charge in [-0.2, -0.15) is 0 Å². The number of halogens is 1. The predicted octanol–water partition coefficient (Wildman–Crippen LogP) is 1.69. The molecule has 1 rings (SSSR count). The maximum atomic E-state index is 13.5. The molecule has 0 unspecified atom stereocenters. The van der Waals surface area contributed by atoms with E-state index in [1.54, 1.807) is 14.1 Å². The first kappa shape index (κ1) is 14.7. The molecule has 0 saturated carbocycles. The summed E-state index contributed by atoms with van der Waals surface area (Å²) in [7, 11) is 3.16. The summed E-state index contributed by atoms with van der Waals surface area (Å²) in [5.41, 5.74) is 0.848. The fraction of sp³-hybridized carbons (Fsp3) is 0.231. The van der Waals surface area contributed by atoms with Crippen LogP contribution in [0, 0.1) is 5.82 Å². The summed E-state index contributed by atoms with van der Waals surface area (Å²) < 4.78 is 13.5. The third kappa shape index (κ3) is 4.79. The molecule has 2 amide bonds. The maximum absolute atomic E-state index is 13.5. The molecule has 0 atom stereocenters. The van der Waals surface area contributed by atoms with Crippen molar-refractivity contribution in [3.63, 3.8) is 0 Å². The van der Waals surface area contributed by atoms with E-state index in [2.05, 4.69) is 5.32 Å². The standard InChI is InChI=1S/C13H15FN2O3/c1-16(2)13(19)15-8-10-7-9(3-5-11(10)14)4-6-12(17)18/h3-7H,8H2,1-2H3,(H,15,19)(H,17,18). The third-order valence-corrected chi connectivity index (χ3v) is 2.32. The normalized spacial score (nSPS) is 10.5. The number of urea groups is 1. The second-order valence-corrected chi connectivity index (χ2v) is 4.08. The highest BCUT2D eigenvalue weighted by molar-refractivity contribution is 5.85. The number of hydrogen-bond donors (Lipinski definition) is 2. The topological polar surface area (TPSA) is 69.6 Å². The van der Waals surface area contributed by atoms with Crippen molar-refractivity contribution in [3.8, 4) is 0 Å². The third-order valence-electron chi connectivity index (χ3n) is 2.32. The summed E-state index contributed by atoms with van der Waals surface area (Å²) in [6.45, 7) is 0.0393. The zero-order valence-corrected chi connectivity index (χ0v) is 10.7. The van der Waals surface area contributed by atoms with Crippen LogP contribution < -0.4 is 5.32 Å². The summed E-state index contributed by atoms with van der Waals surface area (Å²) >= 11 is 0. The zero-order chi connectivity index (χ0) is 14.4. The zero-order valence-electron chi connectivity index (χ0n) is 10.7. The fourth-order valence-electron chi connectivity index (χ4n) is 1.33. The molecule has 0 radical (unpaired) electrons. The monoisotopic (exact) mass is 266 g/mol. The second kappa shape index (κ2) is 6.53. The first-order chi connectivity index (χ1) is 8.90. The number of rotatable bonds is 4. The number of carboxylic acids is 1. The molecule has 0 aliphatic carbocycles. The van der Waals surface area contributed by atoms with Gasteiger partial charge in [-0.15, -0.1) is 0 Å². The van der Waals surface area contributed by atoms with E-state index in [0.29, 0.717) is 11.1 Å². The summed E-state index contributed by atoms with van der Waals surface area (Å²) in [5.74, 6) is -1.53. The van der Waals surface area contributed by atoms with E-state index in [0.717, 1.165) is 6.08 Å². The van der Waals surface area contributed by atoms with Gasteiger partial charge < -0.3 is 15.3 Å². The van der Waals surface area contributed by atoms with Crippen LogP contribution in [-0.4, -0.2) is 36.1 Å². The molecular weight excluding hydrogens is 251 g/mol. The highest BCUT2D eigenvalue weighted by Crippen LogP contribution is 2.12. The average molecular weight is 266 g/mol. The molecule has 1 aromatic carbocycles. The van der Waals surface area contributed by atoms with Crippen LogP contribution in [0.1, 0.15) is 11.1 Å². The Morgan fingerprint density at radius 3 is 2.68 bits per heavy atom. The van der Waals surface area contributed by atoms with Crippen molar-refractivity contribution in [1.82, 2.24) is 10.2 Å². The summed E-state index contributed by atoms with van der Waals surface area (Å²) in [4.78, 5) is 23.1. The van der Waals surface area contributed by atoms with Gasteiger partial charge in [-0.3, -0.25) is 0 Å². The molecule has 0 fully saturated rings. The minimum absolute atomic E-state index is 0.0393. The summed E-state index contributed by atoms with van der Waals surface area (Å²) in [6, 6.07) is 3.86. The fourth-order valence-corrected chi connectivity index (χ4v) is 1.33. The quantitative estimate of drug-likeness (QED) is 0.815. The number of amides is 2. The SMILES string of the molecule is CN(C)C(=O)NCc1cc(C=CC(=O)O)ccc1F. The molecule has 0 aliphatic rings. The maximum Gasteiger partial charge on any atom is 0.328 e. The molecule has 6 heteroatoms. The van der Waals surface area contributed by atoms with Gasteiger partial charge in [0, 0.05) is 32.3 Å². The number of carbonyl (C=O) groups excluding carboxylic acids is 1. The van der Waals surface area contributed by atoms with Crippen LogP contribution in [0.15, 0.2) is 24.3 Å². The van der Waals surface area contributed by atoms with Gasteiger partial charge in [-0.1, -0.05) is 6.07 Å². The van der Waals surface area contributed by atoms with Crippen LogP contribution in [0.25, 0.3) is 6.08 Å². The number of nitrogens with one attached hydrogen (secondary N) is 1. The second-order valence-electron chi connectivity index (χ2n) is 4.08. The molecular formula is C13H15FN2O3. The molecule has 19 heavy (non-hydrogen) atoms. The number of aliphatic carboxylic acids is 1. The lowest BCUT2D eigenvalue weighted by atomic mass is 10.1. The first-order valence-corrected chi connectivity index (χ1v) is 5.54. The smallest absolute Gasteiger partial charge is 0.328 e. The van der Waals surface area contributed by atoms with Crippen molar-refractivity contribution in [2.75, 3.05) is 14.1 Å². The predicted molar refractivity (Wildman–Crippen MR) is 69.0 cm³/mol. The van der Waals surface area contributed by atoms with Crippen LogP contribution >= 0.6 is 0 Å². The number of nitrogens with zero attached hydrogens (tertiary/aromatic N) is 1. The Kier molecular flexibility index (Phi) is 5.05. The molecule has 0 aliphatic heterocycles. The van der Waals surface area contributed by atoms with Crippen LogP contribution in [0.4, 0.5) is 9.18 Å². The number of carbonyl (C=O) groups is 2. The minimum Gasteiger partial charge on any atom is -0.478 e. The average Bonchev–Trinajstić information content (AvgIpc) is 2.35.